The number of rotatable bonds is 4. The van der Waals surface area contributed by atoms with Crippen LogP contribution in [0.4, 0.5) is 18.0 Å². The zero-order chi connectivity index (χ0) is 27.0. The van der Waals surface area contributed by atoms with Gasteiger partial charge in [-0.25, -0.2) is 9.59 Å². The van der Waals surface area contributed by atoms with Crippen molar-refractivity contribution in [3.63, 3.8) is 0 Å². The first-order valence-corrected chi connectivity index (χ1v) is 11.5. The SMILES string of the molecule is CC(C)(C)OC(=O)N1CCCC1C(=O)Oc1ccc2c(=O)c(Oc3ccccc3)c(C(F)(F)F)oc2c1. The van der Waals surface area contributed by atoms with Crippen molar-refractivity contribution in [2.24, 2.45) is 0 Å². The molecule has 1 aromatic heterocycles. The van der Waals surface area contributed by atoms with Crippen molar-refractivity contribution in [1.82, 2.24) is 4.90 Å². The first-order valence-electron chi connectivity index (χ1n) is 11.5. The largest absolute Gasteiger partial charge is 0.453 e. The summed E-state index contributed by atoms with van der Waals surface area (Å²) < 4.78 is 62.3. The minimum absolute atomic E-state index is 0.0244. The van der Waals surface area contributed by atoms with Crippen LogP contribution in [0.15, 0.2) is 57.7 Å². The van der Waals surface area contributed by atoms with Gasteiger partial charge < -0.3 is 18.6 Å². The van der Waals surface area contributed by atoms with Gasteiger partial charge in [0, 0.05) is 12.6 Å². The van der Waals surface area contributed by atoms with Crippen molar-refractivity contribution < 1.29 is 41.4 Å². The second kappa shape index (κ2) is 9.79. The van der Waals surface area contributed by atoms with E-state index in [1.54, 1.807) is 39.0 Å². The Kier molecular flexibility index (Phi) is 6.90. The van der Waals surface area contributed by atoms with Crippen LogP contribution in [-0.2, 0) is 15.7 Å². The number of carbonyl (C=O) groups is 2. The van der Waals surface area contributed by atoms with E-state index in [0.29, 0.717) is 19.4 Å². The Morgan fingerprint density at radius 2 is 1.73 bits per heavy atom. The molecule has 2 aromatic carbocycles. The van der Waals surface area contributed by atoms with E-state index in [9.17, 15) is 27.6 Å². The third-order valence-electron chi connectivity index (χ3n) is 5.41. The number of carbonyl (C=O) groups excluding carboxylic acids is 2. The van der Waals surface area contributed by atoms with Gasteiger partial charge in [0.1, 0.15) is 28.7 Å². The first-order chi connectivity index (χ1) is 17.3. The lowest BCUT2D eigenvalue weighted by Gasteiger charge is -2.27. The van der Waals surface area contributed by atoms with Crippen LogP contribution in [0.2, 0.25) is 0 Å². The Morgan fingerprint density at radius 3 is 2.38 bits per heavy atom. The third kappa shape index (κ3) is 5.87. The lowest BCUT2D eigenvalue weighted by molar-refractivity contribution is -0.154. The summed E-state index contributed by atoms with van der Waals surface area (Å²) in [4.78, 5) is 39.5. The van der Waals surface area contributed by atoms with Crippen molar-refractivity contribution in [2.75, 3.05) is 6.54 Å². The molecule has 0 spiro atoms. The Morgan fingerprint density at radius 1 is 1.03 bits per heavy atom. The summed E-state index contributed by atoms with van der Waals surface area (Å²) in [5.41, 5.74) is -2.25. The smallest absolute Gasteiger partial charge is 0.449 e. The molecular weight excluding hydrogens is 495 g/mol. The molecule has 1 saturated heterocycles. The second-order valence-corrected chi connectivity index (χ2v) is 9.41. The molecule has 37 heavy (non-hydrogen) atoms. The fourth-order valence-electron chi connectivity index (χ4n) is 3.84. The van der Waals surface area contributed by atoms with Crippen molar-refractivity contribution >= 4 is 23.0 Å². The Labute approximate surface area is 209 Å². The summed E-state index contributed by atoms with van der Waals surface area (Å²) in [5, 5.41) is -0.199. The number of hydrogen-bond donors (Lipinski definition) is 0. The monoisotopic (exact) mass is 519 g/mol. The van der Waals surface area contributed by atoms with E-state index >= 15 is 0 Å². The van der Waals surface area contributed by atoms with E-state index in [4.69, 9.17) is 18.6 Å². The van der Waals surface area contributed by atoms with E-state index in [1.807, 2.05) is 0 Å². The summed E-state index contributed by atoms with van der Waals surface area (Å²) in [6.45, 7) is 5.38. The number of amides is 1. The zero-order valence-electron chi connectivity index (χ0n) is 20.3. The Bertz CT molecular complexity index is 1380. The molecular formula is C26H24F3NO7. The predicted octanol–water partition coefficient (Wildman–Crippen LogP) is 5.91. The van der Waals surface area contributed by atoms with Gasteiger partial charge >= 0.3 is 18.2 Å². The van der Waals surface area contributed by atoms with Gasteiger partial charge in [-0.3, -0.25) is 9.69 Å². The highest BCUT2D eigenvalue weighted by atomic mass is 19.4. The number of alkyl halides is 3. The molecule has 196 valence electrons. The molecule has 11 heteroatoms. The highest BCUT2D eigenvalue weighted by Crippen LogP contribution is 2.38. The summed E-state index contributed by atoms with van der Waals surface area (Å²) in [6.07, 6.45) is -4.83. The van der Waals surface area contributed by atoms with E-state index < -0.39 is 52.4 Å². The Hall–Kier alpha value is -4.02. The van der Waals surface area contributed by atoms with Gasteiger partial charge in [0.15, 0.2) is 0 Å². The number of esters is 1. The number of ether oxygens (including phenoxy) is 3. The molecule has 4 rings (SSSR count). The minimum Gasteiger partial charge on any atom is -0.449 e. The van der Waals surface area contributed by atoms with Gasteiger partial charge in [0.25, 0.3) is 5.76 Å². The average Bonchev–Trinajstić information content (AvgIpc) is 3.30. The lowest BCUT2D eigenvalue weighted by Crippen LogP contribution is -2.44. The number of para-hydroxylation sites is 1. The lowest BCUT2D eigenvalue weighted by atomic mass is 10.2. The van der Waals surface area contributed by atoms with Crippen LogP contribution in [0, 0.1) is 0 Å². The average molecular weight is 519 g/mol. The molecule has 1 atom stereocenters. The summed E-state index contributed by atoms with van der Waals surface area (Å²) in [5.74, 6) is -3.54. The molecule has 0 radical (unpaired) electrons. The second-order valence-electron chi connectivity index (χ2n) is 9.41. The quantitative estimate of drug-likeness (QED) is 0.312. The van der Waals surface area contributed by atoms with Crippen molar-refractivity contribution in [3.05, 3.63) is 64.5 Å². The molecule has 8 nitrogen and oxygen atoms in total. The van der Waals surface area contributed by atoms with Gasteiger partial charge in [-0.1, -0.05) is 18.2 Å². The van der Waals surface area contributed by atoms with E-state index in [-0.39, 0.29) is 16.9 Å². The zero-order valence-corrected chi connectivity index (χ0v) is 20.3. The van der Waals surface area contributed by atoms with Crippen LogP contribution in [0.1, 0.15) is 39.4 Å². The van der Waals surface area contributed by atoms with Crippen molar-refractivity contribution in [1.29, 1.82) is 0 Å². The summed E-state index contributed by atoms with van der Waals surface area (Å²) >= 11 is 0. The maximum Gasteiger partial charge on any atom is 0.453 e. The minimum atomic E-state index is -5.04. The highest BCUT2D eigenvalue weighted by Gasteiger charge is 2.41. The van der Waals surface area contributed by atoms with E-state index in [0.717, 1.165) is 6.07 Å². The third-order valence-corrected chi connectivity index (χ3v) is 5.41. The van der Waals surface area contributed by atoms with E-state index in [2.05, 4.69) is 0 Å². The van der Waals surface area contributed by atoms with Crippen LogP contribution in [0.5, 0.6) is 17.2 Å². The van der Waals surface area contributed by atoms with Gasteiger partial charge in [-0.05, 0) is 57.9 Å². The number of fused-ring (bicyclic) bond motifs is 1. The van der Waals surface area contributed by atoms with Crippen molar-refractivity contribution in [3.8, 4) is 17.2 Å². The molecule has 1 amide bonds. The number of hydrogen-bond acceptors (Lipinski definition) is 7. The maximum atomic E-state index is 13.8. The topological polar surface area (TPSA) is 95.3 Å². The van der Waals surface area contributed by atoms with Crippen LogP contribution >= 0.6 is 0 Å². The van der Waals surface area contributed by atoms with Gasteiger partial charge in [0.05, 0.1) is 5.39 Å². The molecule has 1 aliphatic heterocycles. The normalized spacial score (nSPS) is 16.1. The molecule has 1 fully saturated rings. The summed E-state index contributed by atoms with van der Waals surface area (Å²) in [6, 6.07) is 10.0. The number of benzene rings is 2. The highest BCUT2D eigenvalue weighted by molar-refractivity contribution is 5.85. The van der Waals surface area contributed by atoms with Crippen molar-refractivity contribution in [2.45, 2.75) is 51.4 Å². The van der Waals surface area contributed by atoms with Crippen LogP contribution < -0.4 is 14.9 Å². The molecule has 0 bridgehead atoms. The Balaban J connectivity index is 1.63. The fraction of sp³-hybridized carbons (Fsp3) is 0.346. The molecule has 2 heterocycles. The van der Waals surface area contributed by atoms with Crippen LogP contribution in [-0.4, -0.2) is 35.2 Å². The van der Waals surface area contributed by atoms with Gasteiger partial charge in [-0.2, -0.15) is 13.2 Å². The number of likely N-dealkylation sites (tertiary alicyclic amines) is 1. The van der Waals surface area contributed by atoms with Crippen LogP contribution in [0.25, 0.3) is 11.0 Å². The standard InChI is InChI=1S/C26H24F3NO7/c1-25(2,3)37-24(33)30-13-7-10-18(30)23(32)35-16-11-12-17-19(14-16)36-22(26(27,28)29)21(20(17)31)34-15-8-5-4-6-9-15/h4-6,8-9,11-12,14,18H,7,10,13H2,1-3H3. The number of nitrogens with zero attached hydrogens (tertiary/aromatic N) is 1. The molecule has 0 N–H and O–H groups in total. The molecule has 1 unspecified atom stereocenters. The maximum absolute atomic E-state index is 13.8. The van der Waals surface area contributed by atoms with Gasteiger partial charge in [0.2, 0.25) is 11.2 Å². The van der Waals surface area contributed by atoms with Gasteiger partial charge in [-0.15, -0.1) is 0 Å². The summed E-state index contributed by atoms with van der Waals surface area (Å²) in [7, 11) is 0. The molecule has 0 aliphatic carbocycles. The predicted molar refractivity (Wildman–Crippen MR) is 126 cm³/mol. The van der Waals surface area contributed by atoms with Crippen LogP contribution in [0.3, 0.4) is 0 Å². The number of halogens is 3. The first kappa shape index (κ1) is 26.1. The fourth-order valence-corrected chi connectivity index (χ4v) is 3.84. The molecule has 0 saturated carbocycles. The van der Waals surface area contributed by atoms with E-state index in [1.165, 1.54) is 29.2 Å². The molecule has 1 aliphatic rings. The molecule has 3 aromatic rings.